The van der Waals surface area contributed by atoms with E-state index in [0.29, 0.717) is 33.0 Å². The van der Waals surface area contributed by atoms with Gasteiger partial charge in [-0.1, -0.05) is 11.6 Å². The number of aliphatic hydroxyl groups excluding tert-OH is 2. The highest BCUT2D eigenvalue weighted by atomic mass is 35.5. The van der Waals surface area contributed by atoms with E-state index in [1.807, 2.05) is 6.07 Å². The standard InChI is InChI=1S/C25H31ClN4O5S/c1-15(32)17(14-31)10-11-29(36(3,34)35)23-13-22-21(12-20(23)16-4-5-16)24(25(33)27-2)30(28-22)19-8-6-18(26)7-9-19/h6-9,12-13,15-17,31-32H,4-5,10-11,14H2,1-3H3,(H,27,33). The van der Waals surface area contributed by atoms with Crippen molar-refractivity contribution >= 4 is 44.1 Å². The van der Waals surface area contributed by atoms with Crippen LogP contribution in [0.3, 0.4) is 0 Å². The third-order valence-electron chi connectivity index (χ3n) is 6.64. The normalized spacial score (nSPS) is 15.6. The largest absolute Gasteiger partial charge is 0.396 e. The van der Waals surface area contributed by atoms with Crippen LogP contribution < -0.4 is 9.62 Å². The summed E-state index contributed by atoms with van der Waals surface area (Å²) in [5.41, 5.74) is 2.83. The summed E-state index contributed by atoms with van der Waals surface area (Å²) in [6.45, 7) is 1.43. The minimum Gasteiger partial charge on any atom is -0.396 e. The zero-order valence-electron chi connectivity index (χ0n) is 20.5. The maximum atomic E-state index is 12.9. The van der Waals surface area contributed by atoms with Crippen molar-refractivity contribution in [3.63, 3.8) is 0 Å². The fourth-order valence-corrected chi connectivity index (χ4v) is 5.49. The molecule has 0 spiro atoms. The highest BCUT2D eigenvalue weighted by Gasteiger charge is 2.33. The minimum absolute atomic E-state index is 0.0976. The van der Waals surface area contributed by atoms with Gasteiger partial charge in [0, 0.05) is 36.5 Å². The van der Waals surface area contributed by atoms with Gasteiger partial charge in [-0.3, -0.25) is 9.10 Å². The van der Waals surface area contributed by atoms with Gasteiger partial charge < -0.3 is 15.5 Å². The van der Waals surface area contributed by atoms with Crippen molar-refractivity contribution in [1.29, 1.82) is 0 Å². The summed E-state index contributed by atoms with van der Waals surface area (Å²) in [6.07, 6.45) is 2.50. The van der Waals surface area contributed by atoms with Crippen molar-refractivity contribution in [2.45, 2.75) is 38.2 Å². The summed E-state index contributed by atoms with van der Waals surface area (Å²) < 4.78 is 28.7. The average molecular weight is 535 g/mol. The molecule has 194 valence electrons. The van der Waals surface area contributed by atoms with E-state index in [2.05, 4.69) is 10.4 Å². The van der Waals surface area contributed by atoms with E-state index in [1.165, 1.54) is 4.31 Å². The molecule has 0 radical (unpaired) electrons. The van der Waals surface area contributed by atoms with Crippen LogP contribution >= 0.6 is 11.6 Å². The van der Waals surface area contributed by atoms with Crippen molar-refractivity contribution in [3.05, 3.63) is 52.7 Å². The van der Waals surface area contributed by atoms with E-state index >= 15 is 0 Å². The highest BCUT2D eigenvalue weighted by Crippen LogP contribution is 2.46. The molecular formula is C25H31ClN4O5S. The summed E-state index contributed by atoms with van der Waals surface area (Å²) in [5.74, 6) is -0.591. The van der Waals surface area contributed by atoms with Crippen LogP contribution in [0.15, 0.2) is 36.4 Å². The number of halogens is 1. The number of hydrogen-bond donors (Lipinski definition) is 3. The van der Waals surface area contributed by atoms with Crippen molar-refractivity contribution in [3.8, 4) is 5.69 Å². The summed E-state index contributed by atoms with van der Waals surface area (Å²) in [7, 11) is -2.13. The number of aliphatic hydroxyl groups is 2. The number of nitrogens with one attached hydrogen (secondary N) is 1. The van der Waals surface area contributed by atoms with Crippen LogP contribution in [0.2, 0.25) is 5.02 Å². The number of anilines is 1. The number of sulfonamides is 1. The van der Waals surface area contributed by atoms with Crippen molar-refractivity contribution in [2.75, 3.05) is 30.8 Å². The number of amides is 1. The molecule has 3 aromatic rings. The molecule has 1 aliphatic rings. The average Bonchev–Trinajstić information content (AvgIpc) is 3.60. The first-order chi connectivity index (χ1) is 17.0. The molecule has 2 aromatic carbocycles. The van der Waals surface area contributed by atoms with Gasteiger partial charge in [-0.25, -0.2) is 13.1 Å². The zero-order chi connectivity index (χ0) is 26.2. The van der Waals surface area contributed by atoms with Gasteiger partial charge in [0.05, 0.1) is 29.3 Å². The molecule has 9 nitrogen and oxygen atoms in total. The van der Waals surface area contributed by atoms with Gasteiger partial charge in [-0.2, -0.15) is 5.10 Å². The second-order valence-corrected chi connectivity index (χ2v) is 11.7. The van der Waals surface area contributed by atoms with E-state index in [9.17, 15) is 23.4 Å². The monoisotopic (exact) mass is 534 g/mol. The van der Waals surface area contributed by atoms with Crippen molar-refractivity contribution < 1.29 is 23.4 Å². The molecule has 11 heteroatoms. The Labute approximate surface area is 215 Å². The molecule has 1 heterocycles. The van der Waals surface area contributed by atoms with Crippen molar-refractivity contribution in [2.24, 2.45) is 5.92 Å². The summed E-state index contributed by atoms with van der Waals surface area (Å²) in [4.78, 5) is 12.9. The van der Waals surface area contributed by atoms with Gasteiger partial charge in [0.25, 0.3) is 5.91 Å². The Morgan fingerprint density at radius 2 is 1.94 bits per heavy atom. The zero-order valence-corrected chi connectivity index (χ0v) is 22.1. The van der Waals surface area contributed by atoms with Crippen LogP contribution in [0.4, 0.5) is 5.69 Å². The lowest BCUT2D eigenvalue weighted by Crippen LogP contribution is -2.34. The molecule has 0 aliphatic heterocycles. The number of aromatic nitrogens is 2. The van der Waals surface area contributed by atoms with Gasteiger partial charge in [0.15, 0.2) is 0 Å². The second-order valence-electron chi connectivity index (χ2n) is 9.33. The minimum atomic E-state index is -3.68. The van der Waals surface area contributed by atoms with Crippen LogP contribution in [-0.4, -0.2) is 66.9 Å². The first-order valence-corrected chi connectivity index (χ1v) is 14.1. The van der Waals surface area contributed by atoms with Crippen LogP contribution in [0, 0.1) is 5.92 Å². The van der Waals surface area contributed by atoms with Crippen LogP contribution in [0.1, 0.15) is 48.2 Å². The number of carbonyl (C=O) groups excluding carboxylic acids is 1. The van der Waals surface area contributed by atoms with Gasteiger partial charge in [0.1, 0.15) is 5.69 Å². The number of fused-ring (bicyclic) bond motifs is 1. The number of rotatable bonds is 10. The predicted molar refractivity (Wildman–Crippen MR) is 141 cm³/mol. The van der Waals surface area contributed by atoms with Crippen LogP contribution in [0.25, 0.3) is 16.6 Å². The molecule has 0 bridgehead atoms. The van der Waals surface area contributed by atoms with Gasteiger partial charge in [-0.05, 0) is 74.1 Å². The Balaban J connectivity index is 1.89. The molecule has 0 saturated heterocycles. The highest BCUT2D eigenvalue weighted by molar-refractivity contribution is 7.92. The molecule has 1 saturated carbocycles. The van der Waals surface area contributed by atoms with E-state index in [-0.39, 0.29) is 31.4 Å². The van der Waals surface area contributed by atoms with E-state index in [4.69, 9.17) is 11.6 Å². The van der Waals surface area contributed by atoms with Crippen LogP contribution in [0.5, 0.6) is 0 Å². The maximum absolute atomic E-state index is 12.9. The van der Waals surface area contributed by atoms with Gasteiger partial charge in [-0.15, -0.1) is 0 Å². The lowest BCUT2D eigenvalue weighted by molar-refractivity contribution is 0.0773. The fourth-order valence-electron chi connectivity index (χ4n) is 4.41. The summed E-state index contributed by atoms with van der Waals surface area (Å²) >= 11 is 6.05. The number of carbonyl (C=O) groups is 1. The Kier molecular flexibility index (Phi) is 7.61. The molecule has 2 atom stereocenters. The van der Waals surface area contributed by atoms with Gasteiger partial charge in [0.2, 0.25) is 10.0 Å². The third kappa shape index (κ3) is 5.36. The molecular weight excluding hydrogens is 504 g/mol. The third-order valence-corrected chi connectivity index (χ3v) is 8.07. The van der Waals surface area contributed by atoms with Crippen molar-refractivity contribution in [1.82, 2.24) is 15.1 Å². The molecule has 3 N–H and O–H groups in total. The number of nitrogens with zero attached hydrogens (tertiary/aromatic N) is 3. The molecule has 1 amide bonds. The topological polar surface area (TPSA) is 125 Å². The molecule has 2 unspecified atom stereocenters. The molecule has 36 heavy (non-hydrogen) atoms. The lowest BCUT2D eigenvalue weighted by atomic mass is 10.00. The number of hydrogen-bond acceptors (Lipinski definition) is 6. The van der Waals surface area contributed by atoms with Gasteiger partial charge >= 0.3 is 0 Å². The Bertz CT molecular complexity index is 1370. The Morgan fingerprint density at radius 1 is 1.28 bits per heavy atom. The molecule has 1 fully saturated rings. The number of benzene rings is 2. The van der Waals surface area contributed by atoms with E-state index in [0.717, 1.165) is 24.7 Å². The van der Waals surface area contributed by atoms with E-state index in [1.54, 1.807) is 49.0 Å². The molecule has 1 aliphatic carbocycles. The smallest absolute Gasteiger partial charge is 0.270 e. The molecule has 1 aromatic heterocycles. The summed E-state index contributed by atoms with van der Waals surface area (Å²) in [6, 6.07) is 10.5. The Hall–Kier alpha value is -2.66. The quantitative estimate of drug-likeness (QED) is 0.367. The first-order valence-electron chi connectivity index (χ1n) is 11.9. The Morgan fingerprint density at radius 3 is 2.47 bits per heavy atom. The van der Waals surface area contributed by atoms with Crippen LogP contribution in [-0.2, 0) is 10.0 Å². The SMILES string of the molecule is CNC(=O)c1c2cc(C3CC3)c(N(CCC(CO)C(C)O)S(C)(=O)=O)cc2nn1-c1ccc(Cl)cc1. The molecule has 4 rings (SSSR count). The summed E-state index contributed by atoms with van der Waals surface area (Å²) in [5, 5.41) is 28.1. The fraction of sp³-hybridized carbons (Fsp3) is 0.440. The first kappa shape index (κ1) is 26.4. The lowest BCUT2D eigenvalue weighted by Gasteiger charge is -2.27. The maximum Gasteiger partial charge on any atom is 0.270 e. The predicted octanol–water partition coefficient (Wildman–Crippen LogP) is 3.06. The van der Waals surface area contributed by atoms with E-state index < -0.39 is 22.0 Å². The second kappa shape index (κ2) is 10.4.